The van der Waals surface area contributed by atoms with Gasteiger partial charge in [-0.15, -0.1) is 0 Å². The lowest BCUT2D eigenvalue weighted by Gasteiger charge is -2.40. The van der Waals surface area contributed by atoms with Crippen LogP contribution in [0.15, 0.2) is 53.1 Å². The first kappa shape index (κ1) is 19.2. The minimum absolute atomic E-state index is 0.00651. The van der Waals surface area contributed by atoms with Crippen LogP contribution in [0.5, 0.6) is 0 Å². The summed E-state index contributed by atoms with van der Waals surface area (Å²) < 4.78 is 11.6. The number of amides is 1. The molecule has 1 spiro atoms. The highest BCUT2D eigenvalue weighted by Crippen LogP contribution is 2.39. The van der Waals surface area contributed by atoms with Crippen molar-refractivity contribution in [2.24, 2.45) is 0 Å². The molecule has 2 fully saturated rings. The molecule has 5 heteroatoms. The first-order chi connectivity index (χ1) is 13.6. The summed E-state index contributed by atoms with van der Waals surface area (Å²) in [4.78, 5) is 14.6. The van der Waals surface area contributed by atoms with E-state index in [-0.39, 0.29) is 17.6 Å². The highest BCUT2D eigenvalue weighted by atomic mass is 16.5. The molecular weight excluding hydrogens is 352 g/mol. The largest absolute Gasteiger partial charge is 0.459 e. The fraction of sp³-hybridized carbons (Fsp3) is 0.522. The smallest absolute Gasteiger partial charge is 0.287 e. The Morgan fingerprint density at radius 3 is 2.68 bits per heavy atom. The minimum Gasteiger partial charge on any atom is -0.459 e. The molecule has 1 aromatic carbocycles. The molecular formula is C23H30N2O3. The number of nitrogens with one attached hydrogen (secondary N) is 1. The van der Waals surface area contributed by atoms with E-state index in [4.69, 9.17) is 9.15 Å². The van der Waals surface area contributed by atoms with Crippen molar-refractivity contribution in [2.75, 3.05) is 26.2 Å². The fourth-order valence-electron chi connectivity index (χ4n) is 4.53. The van der Waals surface area contributed by atoms with Crippen LogP contribution in [0.2, 0.25) is 0 Å². The van der Waals surface area contributed by atoms with Gasteiger partial charge in [0.05, 0.1) is 18.0 Å². The van der Waals surface area contributed by atoms with Crippen molar-refractivity contribution in [2.45, 2.75) is 50.2 Å². The number of carbonyl (C=O) groups is 1. The molecule has 1 N–H and O–H groups in total. The second-order valence-corrected chi connectivity index (χ2v) is 8.26. The van der Waals surface area contributed by atoms with Gasteiger partial charge in [0.15, 0.2) is 5.76 Å². The van der Waals surface area contributed by atoms with Crippen LogP contribution in [0.3, 0.4) is 0 Å². The number of rotatable bonds is 6. The van der Waals surface area contributed by atoms with Gasteiger partial charge in [-0.25, -0.2) is 0 Å². The Kier molecular flexibility index (Phi) is 5.83. The van der Waals surface area contributed by atoms with Crippen LogP contribution in [0.4, 0.5) is 0 Å². The van der Waals surface area contributed by atoms with E-state index in [2.05, 4.69) is 47.5 Å². The number of carbonyl (C=O) groups excluding carboxylic acids is 1. The molecule has 5 nitrogen and oxygen atoms in total. The zero-order chi connectivity index (χ0) is 19.4. The van der Waals surface area contributed by atoms with Gasteiger partial charge >= 0.3 is 0 Å². The molecule has 2 aromatic rings. The number of piperidine rings is 1. The van der Waals surface area contributed by atoms with Crippen molar-refractivity contribution in [3.8, 4) is 0 Å². The van der Waals surface area contributed by atoms with Crippen molar-refractivity contribution in [3.05, 3.63) is 60.1 Å². The number of likely N-dealkylation sites (tertiary alicyclic amines) is 1. The molecule has 150 valence electrons. The average Bonchev–Trinajstić information content (AvgIpc) is 3.40. The van der Waals surface area contributed by atoms with Crippen LogP contribution in [0.25, 0.3) is 0 Å². The van der Waals surface area contributed by atoms with Crippen LogP contribution in [0.1, 0.15) is 54.6 Å². The summed E-state index contributed by atoms with van der Waals surface area (Å²) in [5.41, 5.74) is 1.42. The predicted octanol–water partition coefficient (Wildman–Crippen LogP) is 3.83. The summed E-state index contributed by atoms with van der Waals surface area (Å²) in [5.74, 6) is 0.733. The van der Waals surface area contributed by atoms with Crippen LogP contribution in [-0.2, 0) is 4.74 Å². The number of hydrogen-bond donors (Lipinski definition) is 1. The molecule has 0 aliphatic carbocycles. The van der Waals surface area contributed by atoms with Gasteiger partial charge in [-0.2, -0.15) is 0 Å². The maximum absolute atomic E-state index is 12.0. The lowest BCUT2D eigenvalue weighted by Crippen LogP contribution is -2.46. The van der Waals surface area contributed by atoms with E-state index in [1.807, 2.05) is 0 Å². The van der Waals surface area contributed by atoms with E-state index in [0.717, 1.165) is 45.3 Å². The summed E-state index contributed by atoms with van der Waals surface area (Å²) in [6.45, 7) is 6.13. The molecule has 0 radical (unpaired) electrons. The van der Waals surface area contributed by atoms with Gasteiger partial charge in [-0.3, -0.25) is 4.79 Å². The fourth-order valence-corrected chi connectivity index (χ4v) is 4.53. The van der Waals surface area contributed by atoms with Crippen LogP contribution in [-0.4, -0.2) is 48.7 Å². The molecule has 1 amide bonds. The summed E-state index contributed by atoms with van der Waals surface area (Å²) in [6.07, 6.45) is 5.89. The lowest BCUT2D eigenvalue weighted by atomic mass is 9.88. The molecule has 3 heterocycles. The maximum atomic E-state index is 12.0. The van der Waals surface area contributed by atoms with Gasteiger partial charge in [0, 0.05) is 26.2 Å². The van der Waals surface area contributed by atoms with Gasteiger partial charge in [-0.05, 0) is 49.3 Å². The first-order valence-corrected chi connectivity index (χ1v) is 10.4. The van der Waals surface area contributed by atoms with Crippen molar-refractivity contribution in [1.29, 1.82) is 0 Å². The third kappa shape index (κ3) is 4.47. The summed E-state index contributed by atoms with van der Waals surface area (Å²) in [6, 6.07) is 14.2. The summed E-state index contributed by atoms with van der Waals surface area (Å²) >= 11 is 0. The number of furan rings is 1. The predicted molar refractivity (Wildman–Crippen MR) is 108 cm³/mol. The molecule has 0 bridgehead atoms. The van der Waals surface area contributed by atoms with Crippen molar-refractivity contribution < 1.29 is 13.9 Å². The molecule has 2 aliphatic heterocycles. The molecule has 28 heavy (non-hydrogen) atoms. The zero-order valence-corrected chi connectivity index (χ0v) is 16.6. The summed E-state index contributed by atoms with van der Waals surface area (Å²) in [7, 11) is 0. The molecule has 2 saturated heterocycles. The average molecular weight is 383 g/mol. The van der Waals surface area contributed by atoms with E-state index in [1.54, 1.807) is 12.1 Å². The van der Waals surface area contributed by atoms with E-state index in [1.165, 1.54) is 11.8 Å². The van der Waals surface area contributed by atoms with Gasteiger partial charge in [0.2, 0.25) is 0 Å². The Morgan fingerprint density at radius 2 is 1.96 bits per heavy atom. The number of benzene rings is 1. The van der Waals surface area contributed by atoms with Crippen molar-refractivity contribution in [1.82, 2.24) is 10.2 Å². The van der Waals surface area contributed by atoms with E-state index in [9.17, 15) is 4.79 Å². The SMILES string of the molecule is C[C@H](CN1CCC2(CC[C@@H](CNC(=O)c3ccco3)O2)CC1)c1ccccc1. The van der Waals surface area contributed by atoms with Crippen LogP contribution >= 0.6 is 0 Å². The summed E-state index contributed by atoms with van der Waals surface area (Å²) in [5, 5.41) is 2.93. The molecule has 0 saturated carbocycles. The number of hydrogen-bond acceptors (Lipinski definition) is 4. The minimum atomic E-state index is -0.167. The van der Waals surface area contributed by atoms with Gasteiger partial charge in [0.25, 0.3) is 5.91 Å². The third-order valence-electron chi connectivity index (χ3n) is 6.24. The molecule has 4 rings (SSSR count). The Morgan fingerprint density at radius 1 is 1.18 bits per heavy atom. The number of ether oxygens (including phenoxy) is 1. The van der Waals surface area contributed by atoms with Crippen molar-refractivity contribution in [3.63, 3.8) is 0 Å². The first-order valence-electron chi connectivity index (χ1n) is 10.4. The van der Waals surface area contributed by atoms with E-state index < -0.39 is 0 Å². The van der Waals surface area contributed by atoms with Crippen molar-refractivity contribution >= 4 is 5.91 Å². The molecule has 2 atom stereocenters. The van der Waals surface area contributed by atoms with Crippen LogP contribution < -0.4 is 5.32 Å². The normalized spacial score (nSPS) is 23.0. The maximum Gasteiger partial charge on any atom is 0.287 e. The Labute approximate surface area is 167 Å². The Balaban J connectivity index is 1.22. The van der Waals surface area contributed by atoms with Crippen LogP contribution in [0, 0.1) is 0 Å². The molecule has 2 aliphatic rings. The molecule has 1 aromatic heterocycles. The number of nitrogens with zero attached hydrogens (tertiary/aromatic N) is 1. The third-order valence-corrected chi connectivity index (χ3v) is 6.24. The zero-order valence-electron chi connectivity index (χ0n) is 16.6. The van der Waals surface area contributed by atoms with Gasteiger partial charge in [-0.1, -0.05) is 37.3 Å². The Hall–Kier alpha value is -2.11. The van der Waals surface area contributed by atoms with E-state index in [0.29, 0.717) is 18.2 Å². The highest BCUT2D eigenvalue weighted by molar-refractivity contribution is 5.91. The quantitative estimate of drug-likeness (QED) is 0.825. The second kappa shape index (κ2) is 8.50. The van der Waals surface area contributed by atoms with Gasteiger partial charge in [0.1, 0.15) is 0 Å². The highest BCUT2D eigenvalue weighted by Gasteiger charge is 2.42. The second-order valence-electron chi connectivity index (χ2n) is 8.26. The van der Waals surface area contributed by atoms with E-state index >= 15 is 0 Å². The monoisotopic (exact) mass is 382 g/mol. The molecule has 0 unspecified atom stereocenters. The van der Waals surface area contributed by atoms with Gasteiger partial charge < -0.3 is 19.4 Å². The topological polar surface area (TPSA) is 54.7 Å². The Bertz CT molecular complexity index is 751. The standard InChI is InChI=1S/C23H30N2O3/c1-18(19-6-3-2-4-7-19)17-25-13-11-23(12-14-25)10-9-20(28-23)16-24-22(26)21-8-5-15-27-21/h2-8,15,18,20H,9-14,16-17H2,1H3,(H,24,26)/t18-,20+/m1/s1. The lowest BCUT2D eigenvalue weighted by molar-refractivity contribution is -0.0758.